The quantitative estimate of drug-likeness (QED) is 0.717. The van der Waals surface area contributed by atoms with E-state index in [0.29, 0.717) is 27.4 Å². The molecule has 4 rings (SSSR count). The number of nitrogens with one attached hydrogen (secondary N) is 2. The zero-order chi connectivity index (χ0) is 16.7. The van der Waals surface area contributed by atoms with Gasteiger partial charge in [-0.15, -0.1) is 23.1 Å². The third-order valence-electron chi connectivity index (χ3n) is 3.60. The predicted octanol–water partition coefficient (Wildman–Crippen LogP) is 4.34. The second-order valence-corrected chi connectivity index (χ2v) is 7.37. The van der Waals surface area contributed by atoms with Crippen LogP contribution < -0.4 is 10.6 Å². The van der Waals surface area contributed by atoms with Crippen molar-refractivity contribution in [2.45, 2.75) is 4.90 Å². The molecule has 0 radical (unpaired) electrons. The molecule has 1 aromatic heterocycles. The monoisotopic (exact) mass is 358 g/mol. The maximum Gasteiger partial charge on any atom is 0.265 e. The molecule has 0 unspecified atom stereocenters. The summed E-state index contributed by atoms with van der Waals surface area (Å²) in [6.45, 7) is 0. The van der Waals surface area contributed by atoms with Gasteiger partial charge in [-0.3, -0.25) is 9.59 Å². The van der Waals surface area contributed by atoms with E-state index in [4.69, 9.17) is 0 Å². The van der Waals surface area contributed by atoms with Crippen LogP contribution in [-0.2, 0) is 4.79 Å². The van der Waals surface area contributed by atoms with Gasteiger partial charge in [-0.1, -0.05) is 6.07 Å². The largest absolute Gasteiger partial charge is 0.324 e. The van der Waals surface area contributed by atoms with Crippen LogP contribution in [0.15, 0.2) is 47.4 Å². The van der Waals surface area contributed by atoms with Crippen LogP contribution in [0.4, 0.5) is 15.8 Å². The Morgan fingerprint density at radius 3 is 2.92 bits per heavy atom. The van der Waals surface area contributed by atoms with Gasteiger partial charge in [0.15, 0.2) is 0 Å². The first-order valence-corrected chi connectivity index (χ1v) is 8.96. The molecule has 1 aliphatic heterocycles. The van der Waals surface area contributed by atoms with Gasteiger partial charge in [0.05, 0.1) is 16.3 Å². The Balaban J connectivity index is 1.60. The number of fused-ring (bicyclic) bond motifs is 2. The summed E-state index contributed by atoms with van der Waals surface area (Å²) in [4.78, 5) is 25.3. The second-order valence-electron chi connectivity index (χ2n) is 5.26. The highest BCUT2D eigenvalue weighted by molar-refractivity contribution is 8.00. The molecule has 4 nitrogen and oxygen atoms in total. The summed E-state index contributed by atoms with van der Waals surface area (Å²) >= 11 is 2.70. The molecule has 24 heavy (non-hydrogen) atoms. The van der Waals surface area contributed by atoms with E-state index in [1.54, 1.807) is 30.3 Å². The van der Waals surface area contributed by atoms with Crippen LogP contribution in [0, 0.1) is 5.82 Å². The maximum absolute atomic E-state index is 13.7. The molecule has 0 bridgehead atoms. The number of halogens is 1. The summed E-state index contributed by atoms with van der Waals surface area (Å²) < 4.78 is 14.5. The lowest BCUT2D eigenvalue weighted by molar-refractivity contribution is -0.113. The van der Waals surface area contributed by atoms with Crippen molar-refractivity contribution < 1.29 is 14.0 Å². The van der Waals surface area contributed by atoms with E-state index in [1.165, 1.54) is 29.2 Å². The Labute approximate surface area is 145 Å². The highest BCUT2D eigenvalue weighted by Gasteiger charge is 2.17. The summed E-state index contributed by atoms with van der Waals surface area (Å²) in [6.07, 6.45) is 0. The van der Waals surface area contributed by atoms with E-state index < -0.39 is 0 Å². The van der Waals surface area contributed by atoms with Gasteiger partial charge in [-0.25, -0.2) is 4.39 Å². The molecule has 2 aromatic carbocycles. The molecular weight excluding hydrogens is 347 g/mol. The van der Waals surface area contributed by atoms with E-state index in [-0.39, 0.29) is 17.6 Å². The number of thiophene rings is 1. The molecule has 2 N–H and O–H groups in total. The minimum absolute atomic E-state index is 0.0593. The Morgan fingerprint density at radius 1 is 1.21 bits per heavy atom. The van der Waals surface area contributed by atoms with Gasteiger partial charge in [0.25, 0.3) is 5.91 Å². The van der Waals surface area contributed by atoms with Gasteiger partial charge in [0.2, 0.25) is 5.91 Å². The zero-order valence-corrected chi connectivity index (χ0v) is 13.9. The molecule has 1 aliphatic rings. The van der Waals surface area contributed by atoms with Crippen LogP contribution in [0.1, 0.15) is 9.67 Å². The van der Waals surface area contributed by atoms with E-state index in [1.807, 2.05) is 6.07 Å². The maximum atomic E-state index is 13.7. The fraction of sp³-hybridized carbons (Fsp3) is 0.0588. The molecule has 7 heteroatoms. The van der Waals surface area contributed by atoms with E-state index in [0.717, 1.165) is 9.60 Å². The molecule has 0 spiro atoms. The van der Waals surface area contributed by atoms with Gasteiger partial charge < -0.3 is 10.6 Å². The third kappa shape index (κ3) is 2.76. The van der Waals surface area contributed by atoms with Gasteiger partial charge in [-0.2, -0.15) is 0 Å². The minimum atomic E-state index is -0.337. The average molecular weight is 358 g/mol. The van der Waals surface area contributed by atoms with E-state index in [9.17, 15) is 14.0 Å². The summed E-state index contributed by atoms with van der Waals surface area (Å²) in [5.41, 5.74) is 1.27. The number of thioether (sulfide) groups is 1. The molecule has 120 valence electrons. The highest BCUT2D eigenvalue weighted by atomic mass is 32.2. The summed E-state index contributed by atoms with van der Waals surface area (Å²) in [6, 6.07) is 11.7. The first kappa shape index (κ1) is 15.2. The Hall–Kier alpha value is -2.38. The van der Waals surface area contributed by atoms with Crippen molar-refractivity contribution in [3.05, 3.63) is 53.2 Å². The molecule has 0 aliphatic carbocycles. The van der Waals surface area contributed by atoms with Gasteiger partial charge >= 0.3 is 0 Å². The SMILES string of the molecule is O=C1CSc2ccc(NC(=O)c3cc4c(F)cccc4s3)cc2N1. The van der Waals surface area contributed by atoms with Crippen LogP contribution in [0.5, 0.6) is 0 Å². The number of hydrogen-bond donors (Lipinski definition) is 2. The number of rotatable bonds is 2. The number of amides is 2. The molecule has 3 aromatic rings. The summed E-state index contributed by atoms with van der Waals surface area (Å²) in [7, 11) is 0. The van der Waals surface area contributed by atoms with Crippen molar-refractivity contribution in [3.8, 4) is 0 Å². The van der Waals surface area contributed by atoms with Crippen LogP contribution in [0.3, 0.4) is 0 Å². The Bertz CT molecular complexity index is 984. The van der Waals surface area contributed by atoms with E-state index in [2.05, 4.69) is 10.6 Å². The molecular formula is C17H11FN2O2S2. The lowest BCUT2D eigenvalue weighted by Gasteiger charge is -2.17. The Kier molecular flexibility index (Phi) is 3.74. The van der Waals surface area contributed by atoms with Crippen LogP contribution in [-0.4, -0.2) is 17.6 Å². The number of benzene rings is 2. The number of anilines is 2. The smallest absolute Gasteiger partial charge is 0.265 e. The molecule has 0 saturated heterocycles. The van der Waals surface area contributed by atoms with Gasteiger partial charge in [0.1, 0.15) is 5.82 Å². The first-order chi connectivity index (χ1) is 11.6. The zero-order valence-electron chi connectivity index (χ0n) is 12.3. The van der Waals surface area contributed by atoms with Crippen molar-refractivity contribution in [3.63, 3.8) is 0 Å². The third-order valence-corrected chi connectivity index (χ3v) is 5.77. The molecule has 0 atom stereocenters. The standard InChI is InChI=1S/C17H11FN2O2S2/c18-11-2-1-3-13-10(11)7-15(24-13)17(22)19-9-4-5-14-12(6-9)20-16(21)8-23-14/h1-7H,8H2,(H,19,22)(H,20,21). The average Bonchev–Trinajstić information content (AvgIpc) is 3.00. The molecule has 0 saturated carbocycles. The van der Waals surface area contributed by atoms with Crippen molar-refractivity contribution in [1.82, 2.24) is 0 Å². The van der Waals surface area contributed by atoms with Crippen LogP contribution in [0.2, 0.25) is 0 Å². The summed E-state index contributed by atoms with van der Waals surface area (Å²) in [5, 5.41) is 6.02. The van der Waals surface area contributed by atoms with Crippen molar-refractivity contribution in [1.29, 1.82) is 0 Å². The normalized spacial score (nSPS) is 13.5. The van der Waals surface area contributed by atoms with E-state index >= 15 is 0 Å². The van der Waals surface area contributed by atoms with Gasteiger partial charge in [-0.05, 0) is 36.4 Å². The topological polar surface area (TPSA) is 58.2 Å². The lowest BCUT2D eigenvalue weighted by atomic mass is 10.2. The highest BCUT2D eigenvalue weighted by Crippen LogP contribution is 2.34. The molecule has 0 fully saturated rings. The Morgan fingerprint density at radius 2 is 2.08 bits per heavy atom. The predicted molar refractivity (Wildman–Crippen MR) is 95.5 cm³/mol. The fourth-order valence-corrected chi connectivity index (χ4v) is 4.25. The van der Waals surface area contributed by atoms with Crippen LogP contribution >= 0.6 is 23.1 Å². The first-order valence-electron chi connectivity index (χ1n) is 7.16. The number of carbonyl (C=O) groups is 2. The van der Waals surface area contributed by atoms with Crippen LogP contribution in [0.25, 0.3) is 10.1 Å². The van der Waals surface area contributed by atoms with Gasteiger partial charge in [0, 0.05) is 20.7 Å². The molecule has 2 heterocycles. The summed E-state index contributed by atoms with van der Waals surface area (Å²) in [5.74, 6) is -0.302. The minimum Gasteiger partial charge on any atom is -0.324 e. The molecule has 2 amide bonds. The fourth-order valence-electron chi connectivity index (χ4n) is 2.49. The lowest BCUT2D eigenvalue weighted by Crippen LogP contribution is -2.19. The number of hydrogen-bond acceptors (Lipinski definition) is 4. The van der Waals surface area contributed by atoms with Crippen molar-refractivity contribution in [2.24, 2.45) is 0 Å². The van der Waals surface area contributed by atoms with Crippen molar-refractivity contribution >= 4 is 56.4 Å². The van der Waals surface area contributed by atoms with Crippen molar-refractivity contribution in [2.75, 3.05) is 16.4 Å². The number of carbonyl (C=O) groups excluding carboxylic acids is 2. The second kappa shape index (κ2) is 5.92.